The molecule has 3 rings (SSSR count). The van der Waals surface area contributed by atoms with Crippen LogP contribution >= 0.6 is 0 Å². The van der Waals surface area contributed by atoms with Gasteiger partial charge in [-0.25, -0.2) is 0 Å². The van der Waals surface area contributed by atoms with Gasteiger partial charge in [0.05, 0.1) is 12.0 Å². The lowest BCUT2D eigenvalue weighted by Crippen LogP contribution is -2.38. The van der Waals surface area contributed by atoms with Crippen LogP contribution in [-0.4, -0.2) is 23.0 Å². The highest BCUT2D eigenvalue weighted by Gasteiger charge is 2.42. The first-order chi connectivity index (χ1) is 8.74. The second-order valence-corrected chi connectivity index (χ2v) is 5.41. The molecule has 4 atom stereocenters. The summed E-state index contributed by atoms with van der Waals surface area (Å²) in [7, 11) is 0. The molecule has 2 N–H and O–H groups in total. The van der Waals surface area contributed by atoms with Crippen molar-refractivity contribution in [3.05, 3.63) is 30.1 Å². The molecule has 1 aromatic rings. The Hall–Kier alpha value is -1.42. The molecule has 2 saturated heterocycles. The van der Waals surface area contributed by atoms with E-state index in [9.17, 15) is 4.79 Å². The molecule has 96 valence electrons. The molecule has 1 amide bonds. The number of carbonyl (C=O) groups is 1. The number of amides is 1. The Balaban J connectivity index is 1.61. The number of carbonyl (C=O) groups excluding carboxylic acids is 1. The molecule has 0 aromatic carbocycles. The highest BCUT2D eigenvalue weighted by Crippen LogP contribution is 2.33. The van der Waals surface area contributed by atoms with Crippen LogP contribution in [0.1, 0.15) is 37.8 Å². The summed E-state index contributed by atoms with van der Waals surface area (Å²) in [5, 5.41) is 6.60. The minimum atomic E-state index is 0.0327. The minimum Gasteiger partial charge on any atom is -0.349 e. The van der Waals surface area contributed by atoms with Crippen molar-refractivity contribution in [1.29, 1.82) is 0 Å². The largest absolute Gasteiger partial charge is 0.349 e. The molecule has 2 bridgehead atoms. The summed E-state index contributed by atoms with van der Waals surface area (Å²) in [6, 6.07) is 4.90. The van der Waals surface area contributed by atoms with E-state index in [1.54, 1.807) is 6.20 Å². The Bertz CT molecular complexity index is 434. The molecular weight excluding hydrogens is 226 g/mol. The van der Waals surface area contributed by atoms with Crippen molar-refractivity contribution >= 4 is 5.91 Å². The number of rotatable bonds is 3. The average Bonchev–Trinajstić information content (AvgIpc) is 3.02. The smallest absolute Gasteiger partial charge is 0.225 e. The molecule has 2 aliphatic rings. The fourth-order valence-corrected chi connectivity index (χ4v) is 3.15. The van der Waals surface area contributed by atoms with Crippen LogP contribution in [0.3, 0.4) is 0 Å². The summed E-state index contributed by atoms with van der Waals surface area (Å²) in [6.45, 7) is 2.01. The van der Waals surface area contributed by atoms with E-state index in [4.69, 9.17) is 0 Å². The van der Waals surface area contributed by atoms with Crippen molar-refractivity contribution < 1.29 is 4.79 Å². The Morgan fingerprint density at radius 1 is 1.56 bits per heavy atom. The van der Waals surface area contributed by atoms with Crippen LogP contribution in [0.25, 0.3) is 0 Å². The Kier molecular flexibility index (Phi) is 3.04. The van der Waals surface area contributed by atoms with Crippen LogP contribution in [0.2, 0.25) is 0 Å². The van der Waals surface area contributed by atoms with E-state index in [0.717, 1.165) is 18.4 Å². The van der Waals surface area contributed by atoms with Crippen molar-refractivity contribution in [1.82, 2.24) is 15.6 Å². The van der Waals surface area contributed by atoms with Gasteiger partial charge in [-0.2, -0.15) is 0 Å². The molecule has 0 radical (unpaired) electrons. The highest BCUT2D eigenvalue weighted by molar-refractivity contribution is 5.80. The molecule has 4 unspecified atom stereocenters. The molecule has 3 heterocycles. The molecule has 0 saturated carbocycles. The topological polar surface area (TPSA) is 54.0 Å². The van der Waals surface area contributed by atoms with Crippen molar-refractivity contribution in [3.8, 4) is 0 Å². The van der Waals surface area contributed by atoms with E-state index in [1.165, 1.54) is 6.42 Å². The van der Waals surface area contributed by atoms with Gasteiger partial charge in [-0.1, -0.05) is 6.07 Å². The van der Waals surface area contributed by atoms with Gasteiger partial charge in [0.25, 0.3) is 0 Å². The van der Waals surface area contributed by atoms with Gasteiger partial charge in [-0.15, -0.1) is 0 Å². The van der Waals surface area contributed by atoms with Crippen LogP contribution < -0.4 is 10.6 Å². The fourth-order valence-electron chi connectivity index (χ4n) is 3.15. The molecule has 0 spiro atoms. The Morgan fingerprint density at radius 2 is 2.44 bits per heavy atom. The average molecular weight is 245 g/mol. The molecule has 2 aliphatic heterocycles. The molecular formula is C14H19N3O. The van der Waals surface area contributed by atoms with Gasteiger partial charge in [-0.3, -0.25) is 9.78 Å². The van der Waals surface area contributed by atoms with Crippen molar-refractivity contribution in [2.24, 2.45) is 5.92 Å². The first-order valence-electron chi connectivity index (χ1n) is 6.70. The van der Waals surface area contributed by atoms with E-state index in [0.29, 0.717) is 12.1 Å². The van der Waals surface area contributed by atoms with E-state index in [2.05, 4.69) is 15.6 Å². The Labute approximate surface area is 107 Å². The van der Waals surface area contributed by atoms with Crippen molar-refractivity contribution in [2.75, 3.05) is 0 Å². The van der Waals surface area contributed by atoms with Crippen LogP contribution in [-0.2, 0) is 4.79 Å². The number of pyridine rings is 1. The van der Waals surface area contributed by atoms with Crippen molar-refractivity contribution in [2.45, 2.75) is 44.3 Å². The third-order valence-corrected chi connectivity index (χ3v) is 4.18. The van der Waals surface area contributed by atoms with Crippen molar-refractivity contribution in [3.63, 3.8) is 0 Å². The summed E-state index contributed by atoms with van der Waals surface area (Å²) >= 11 is 0. The lowest BCUT2D eigenvalue weighted by molar-refractivity contribution is -0.126. The first-order valence-corrected chi connectivity index (χ1v) is 6.70. The predicted molar refractivity (Wildman–Crippen MR) is 68.8 cm³/mol. The van der Waals surface area contributed by atoms with E-state index < -0.39 is 0 Å². The summed E-state index contributed by atoms with van der Waals surface area (Å²) < 4.78 is 0. The number of hydrogen-bond acceptors (Lipinski definition) is 3. The maximum absolute atomic E-state index is 12.2. The number of nitrogens with zero attached hydrogens (tertiary/aromatic N) is 1. The maximum Gasteiger partial charge on any atom is 0.225 e. The third-order valence-electron chi connectivity index (χ3n) is 4.18. The summed E-state index contributed by atoms with van der Waals surface area (Å²) in [5.74, 6) is 0.342. The summed E-state index contributed by atoms with van der Waals surface area (Å²) in [4.78, 5) is 16.3. The lowest BCUT2D eigenvalue weighted by atomic mass is 9.88. The number of fused-ring (bicyclic) bond motifs is 2. The van der Waals surface area contributed by atoms with Gasteiger partial charge in [0.1, 0.15) is 0 Å². The second-order valence-electron chi connectivity index (χ2n) is 5.41. The van der Waals surface area contributed by atoms with E-state index >= 15 is 0 Å². The molecule has 4 nitrogen and oxygen atoms in total. The molecule has 18 heavy (non-hydrogen) atoms. The van der Waals surface area contributed by atoms with E-state index in [1.807, 2.05) is 25.3 Å². The fraction of sp³-hybridized carbons (Fsp3) is 0.571. The van der Waals surface area contributed by atoms with Crippen LogP contribution in [0, 0.1) is 5.92 Å². The third kappa shape index (κ3) is 2.12. The monoisotopic (exact) mass is 245 g/mol. The standard InChI is InChI=1S/C14H19N3O/c1-9(10-3-2-6-15-8-10)16-14(18)12-7-11-4-5-13(12)17-11/h2-3,6,8-9,11-13,17H,4-5,7H2,1H3,(H,16,18). The predicted octanol–water partition coefficient (Wildman–Crippen LogP) is 1.40. The van der Waals surface area contributed by atoms with Gasteiger partial charge >= 0.3 is 0 Å². The quantitative estimate of drug-likeness (QED) is 0.846. The number of aromatic nitrogens is 1. The summed E-state index contributed by atoms with van der Waals surface area (Å²) in [5.41, 5.74) is 1.06. The van der Waals surface area contributed by atoms with Gasteiger partial charge in [0, 0.05) is 24.5 Å². The molecule has 1 aromatic heterocycles. The highest BCUT2D eigenvalue weighted by atomic mass is 16.2. The Morgan fingerprint density at radius 3 is 3.06 bits per heavy atom. The second kappa shape index (κ2) is 4.69. The molecule has 2 fully saturated rings. The zero-order valence-corrected chi connectivity index (χ0v) is 10.6. The lowest BCUT2D eigenvalue weighted by Gasteiger charge is -2.22. The molecule has 0 aliphatic carbocycles. The van der Waals surface area contributed by atoms with E-state index in [-0.39, 0.29) is 17.9 Å². The maximum atomic E-state index is 12.2. The molecule has 4 heteroatoms. The first kappa shape index (κ1) is 11.7. The van der Waals surface area contributed by atoms with Crippen LogP contribution in [0.5, 0.6) is 0 Å². The van der Waals surface area contributed by atoms with Crippen LogP contribution in [0.15, 0.2) is 24.5 Å². The zero-order chi connectivity index (χ0) is 12.5. The number of hydrogen-bond donors (Lipinski definition) is 2. The van der Waals surface area contributed by atoms with Gasteiger partial charge in [0.2, 0.25) is 5.91 Å². The zero-order valence-electron chi connectivity index (χ0n) is 10.6. The normalized spacial score (nSPS) is 31.3. The minimum absolute atomic E-state index is 0.0327. The summed E-state index contributed by atoms with van der Waals surface area (Å²) in [6.07, 6.45) is 6.93. The number of nitrogens with one attached hydrogen (secondary N) is 2. The van der Waals surface area contributed by atoms with Gasteiger partial charge < -0.3 is 10.6 Å². The SMILES string of the molecule is CC(NC(=O)C1CC2CCC1N2)c1cccnc1. The van der Waals surface area contributed by atoms with Gasteiger partial charge in [0.15, 0.2) is 0 Å². The van der Waals surface area contributed by atoms with Gasteiger partial charge in [-0.05, 0) is 37.8 Å². The van der Waals surface area contributed by atoms with Crippen LogP contribution in [0.4, 0.5) is 0 Å².